The number of allylic oxidation sites excluding steroid dienone is 2. The molecule has 2 atom stereocenters. The van der Waals surface area contributed by atoms with Crippen LogP contribution in [-0.4, -0.2) is 36.6 Å². The lowest BCUT2D eigenvalue weighted by Crippen LogP contribution is -2.39. The highest BCUT2D eigenvalue weighted by molar-refractivity contribution is 5.69. The van der Waals surface area contributed by atoms with E-state index in [1.54, 1.807) is 14.2 Å². The summed E-state index contributed by atoms with van der Waals surface area (Å²) in [5, 5.41) is 20.5. The number of hydrogen-bond acceptors (Lipinski definition) is 4. The van der Waals surface area contributed by atoms with Gasteiger partial charge in [-0.15, -0.1) is 0 Å². The minimum atomic E-state index is -0.384. The summed E-state index contributed by atoms with van der Waals surface area (Å²) in [6.45, 7) is 0. The van der Waals surface area contributed by atoms with Crippen LogP contribution in [0.3, 0.4) is 0 Å². The lowest BCUT2D eigenvalue weighted by molar-refractivity contribution is -0.0291. The van der Waals surface area contributed by atoms with E-state index >= 15 is 0 Å². The molecule has 1 aromatic carbocycles. The van der Waals surface area contributed by atoms with Gasteiger partial charge >= 0.3 is 0 Å². The summed E-state index contributed by atoms with van der Waals surface area (Å²) >= 11 is 0. The molecule has 1 aromatic rings. The molecule has 2 unspecified atom stereocenters. The van der Waals surface area contributed by atoms with Crippen LogP contribution in [0.4, 0.5) is 0 Å². The van der Waals surface area contributed by atoms with Gasteiger partial charge < -0.3 is 19.7 Å². The molecular formula is C18H24O4. The molecule has 0 heterocycles. The Morgan fingerprint density at radius 3 is 2.27 bits per heavy atom. The minimum Gasteiger partial charge on any atom is -0.493 e. The Kier molecular flexibility index (Phi) is 4.15. The average molecular weight is 304 g/mol. The van der Waals surface area contributed by atoms with Crippen molar-refractivity contribution >= 4 is 5.57 Å². The van der Waals surface area contributed by atoms with Crippen molar-refractivity contribution in [1.29, 1.82) is 0 Å². The third-order valence-corrected chi connectivity index (χ3v) is 5.38. The highest BCUT2D eigenvalue weighted by Crippen LogP contribution is 2.50. The van der Waals surface area contributed by atoms with Gasteiger partial charge in [0, 0.05) is 5.41 Å². The third kappa shape index (κ3) is 2.40. The Morgan fingerprint density at radius 2 is 1.73 bits per heavy atom. The predicted molar refractivity (Wildman–Crippen MR) is 85.1 cm³/mol. The number of benzene rings is 1. The second-order valence-corrected chi connectivity index (χ2v) is 6.35. The highest BCUT2D eigenvalue weighted by atomic mass is 16.5. The summed E-state index contributed by atoms with van der Waals surface area (Å²) in [6.07, 6.45) is 5.25. The fourth-order valence-electron chi connectivity index (χ4n) is 3.90. The molecule has 4 nitrogen and oxygen atoms in total. The van der Waals surface area contributed by atoms with Crippen molar-refractivity contribution in [2.45, 2.75) is 44.3 Å². The normalized spacial score (nSPS) is 31.2. The lowest BCUT2D eigenvalue weighted by Gasteiger charge is -2.38. The van der Waals surface area contributed by atoms with Crippen molar-refractivity contribution in [1.82, 2.24) is 0 Å². The van der Waals surface area contributed by atoms with Crippen molar-refractivity contribution in [3.63, 3.8) is 0 Å². The molecule has 0 saturated heterocycles. The quantitative estimate of drug-likeness (QED) is 0.901. The molecule has 0 radical (unpaired) electrons. The Morgan fingerprint density at radius 1 is 1.05 bits per heavy atom. The molecule has 3 rings (SSSR count). The van der Waals surface area contributed by atoms with Crippen LogP contribution in [0.1, 0.15) is 37.7 Å². The Balaban J connectivity index is 1.84. The summed E-state index contributed by atoms with van der Waals surface area (Å²) in [4.78, 5) is 0. The van der Waals surface area contributed by atoms with Crippen molar-refractivity contribution in [2.75, 3.05) is 14.2 Å². The van der Waals surface area contributed by atoms with Gasteiger partial charge in [0.25, 0.3) is 0 Å². The summed E-state index contributed by atoms with van der Waals surface area (Å²) in [6, 6.07) is 5.94. The second-order valence-electron chi connectivity index (χ2n) is 6.35. The molecule has 0 bridgehead atoms. The molecule has 0 aliphatic heterocycles. The number of aliphatic hydroxyl groups is 2. The Bertz CT molecular complexity index is 568. The van der Waals surface area contributed by atoms with Gasteiger partial charge in [-0.3, -0.25) is 0 Å². The zero-order chi connectivity index (χ0) is 15.7. The van der Waals surface area contributed by atoms with E-state index in [2.05, 4.69) is 6.08 Å². The average Bonchev–Trinajstić information content (AvgIpc) is 2.83. The van der Waals surface area contributed by atoms with Crippen LogP contribution in [0.5, 0.6) is 11.5 Å². The molecule has 1 fully saturated rings. The van der Waals surface area contributed by atoms with Crippen LogP contribution in [0, 0.1) is 5.41 Å². The summed E-state index contributed by atoms with van der Waals surface area (Å²) in [7, 11) is 3.27. The van der Waals surface area contributed by atoms with E-state index in [-0.39, 0.29) is 17.6 Å². The molecule has 0 amide bonds. The van der Waals surface area contributed by atoms with Gasteiger partial charge in [-0.2, -0.15) is 0 Å². The summed E-state index contributed by atoms with van der Waals surface area (Å²) in [5.74, 6) is 1.45. The number of ether oxygens (including phenoxy) is 2. The highest BCUT2D eigenvalue weighted by Gasteiger charge is 2.49. The van der Waals surface area contributed by atoms with E-state index in [0.29, 0.717) is 12.8 Å². The van der Waals surface area contributed by atoms with Crippen LogP contribution in [0.25, 0.3) is 5.57 Å². The Labute approximate surface area is 131 Å². The van der Waals surface area contributed by atoms with Crippen LogP contribution >= 0.6 is 0 Å². The molecule has 120 valence electrons. The maximum Gasteiger partial charge on any atom is 0.161 e. The molecule has 4 heteroatoms. The molecule has 2 aliphatic carbocycles. The third-order valence-electron chi connectivity index (χ3n) is 5.38. The van der Waals surface area contributed by atoms with E-state index in [1.165, 1.54) is 5.57 Å². The molecule has 0 aromatic heterocycles. The predicted octanol–water partition coefficient (Wildman–Crippen LogP) is 2.77. The fraction of sp³-hybridized carbons (Fsp3) is 0.556. The van der Waals surface area contributed by atoms with Crippen molar-refractivity contribution in [2.24, 2.45) is 5.41 Å². The van der Waals surface area contributed by atoms with E-state index in [9.17, 15) is 10.2 Å². The van der Waals surface area contributed by atoms with Crippen LogP contribution < -0.4 is 9.47 Å². The number of aliphatic hydroxyl groups excluding tert-OH is 2. The number of methoxy groups -OCH3 is 2. The zero-order valence-corrected chi connectivity index (χ0v) is 13.2. The van der Waals surface area contributed by atoms with Crippen molar-refractivity contribution < 1.29 is 19.7 Å². The van der Waals surface area contributed by atoms with Gasteiger partial charge in [0.15, 0.2) is 11.5 Å². The molecule has 2 aliphatic rings. The molecule has 22 heavy (non-hydrogen) atoms. The first-order chi connectivity index (χ1) is 10.6. The first-order valence-electron chi connectivity index (χ1n) is 7.88. The van der Waals surface area contributed by atoms with E-state index < -0.39 is 0 Å². The molecular weight excluding hydrogens is 280 g/mol. The van der Waals surface area contributed by atoms with Gasteiger partial charge in [0.2, 0.25) is 0 Å². The van der Waals surface area contributed by atoms with E-state index in [4.69, 9.17) is 9.47 Å². The SMILES string of the molecule is COc1ccc(C2=CCC3(CC2)C(O)CCC3O)cc1OC. The monoisotopic (exact) mass is 304 g/mol. The van der Waals surface area contributed by atoms with Gasteiger partial charge in [0.05, 0.1) is 26.4 Å². The maximum atomic E-state index is 10.3. The molecule has 1 spiro atoms. The molecule has 2 N–H and O–H groups in total. The van der Waals surface area contributed by atoms with Gasteiger partial charge in [-0.25, -0.2) is 0 Å². The standard InChI is InChI=1S/C18H24O4/c1-21-14-4-3-13(11-15(14)22-2)12-7-9-18(10-8-12)16(19)5-6-17(18)20/h3-4,7,11,16-17,19-20H,5-6,8-10H2,1-2H3. The minimum absolute atomic E-state index is 0.333. The second kappa shape index (κ2) is 5.94. The summed E-state index contributed by atoms with van der Waals surface area (Å²) < 4.78 is 10.6. The zero-order valence-electron chi connectivity index (χ0n) is 13.2. The fourth-order valence-corrected chi connectivity index (χ4v) is 3.90. The number of hydrogen-bond donors (Lipinski definition) is 2. The Hall–Kier alpha value is -1.52. The first kappa shape index (κ1) is 15.4. The van der Waals surface area contributed by atoms with Crippen molar-refractivity contribution in [3.05, 3.63) is 29.8 Å². The summed E-state index contributed by atoms with van der Waals surface area (Å²) in [5.41, 5.74) is 2.03. The first-order valence-corrected chi connectivity index (χ1v) is 7.88. The largest absolute Gasteiger partial charge is 0.493 e. The van der Waals surface area contributed by atoms with Gasteiger partial charge in [-0.1, -0.05) is 12.1 Å². The van der Waals surface area contributed by atoms with Gasteiger partial charge in [-0.05, 0) is 55.4 Å². The topological polar surface area (TPSA) is 58.9 Å². The van der Waals surface area contributed by atoms with Crippen LogP contribution in [-0.2, 0) is 0 Å². The lowest BCUT2D eigenvalue weighted by atomic mass is 9.70. The molecule has 1 saturated carbocycles. The van der Waals surface area contributed by atoms with Crippen molar-refractivity contribution in [3.8, 4) is 11.5 Å². The van der Waals surface area contributed by atoms with E-state index in [1.807, 2.05) is 18.2 Å². The van der Waals surface area contributed by atoms with Crippen LogP contribution in [0.2, 0.25) is 0 Å². The van der Waals surface area contributed by atoms with E-state index in [0.717, 1.165) is 36.3 Å². The maximum absolute atomic E-state index is 10.3. The number of rotatable bonds is 3. The van der Waals surface area contributed by atoms with Crippen LogP contribution in [0.15, 0.2) is 24.3 Å². The van der Waals surface area contributed by atoms with Gasteiger partial charge in [0.1, 0.15) is 0 Å². The smallest absolute Gasteiger partial charge is 0.161 e.